The van der Waals surface area contributed by atoms with E-state index in [0.717, 1.165) is 6.42 Å². The second-order valence-corrected chi connectivity index (χ2v) is 3.27. The predicted octanol–water partition coefficient (Wildman–Crippen LogP) is 0.496. The molecule has 0 aliphatic carbocycles. The third-order valence-electron chi connectivity index (χ3n) is 1.50. The van der Waals surface area contributed by atoms with Crippen LogP contribution in [0.4, 0.5) is 0 Å². The molecule has 11 heavy (non-hydrogen) atoms. The Kier molecular flexibility index (Phi) is 4.86. The van der Waals surface area contributed by atoms with Gasteiger partial charge < -0.3 is 11.1 Å². The molecule has 0 bridgehead atoms. The molecule has 66 valence electrons. The van der Waals surface area contributed by atoms with Gasteiger partial charge in [0.05, 0.1) is 0 Å². The first kappa shape index (κ1) is 10.4. The minimum atomic E-state index is 0.00921. The fraction of sp³-hybridized carbons (Fsp3) is 0.875. The van der Waals surface area contributed by atoms with Crippen LogP contribution in [0.25, 0.3) is 0 Å². The highest BCUT2D eigenvalue weighted by atomic mass is 16.1. The number of amides is 1. The van der Waals surface area contributed by atoms with Crippen LogP contribution in [0.1, 0.15) is 26.7 Å². The van der Waals surface area contributed by atoms with E-state index in [9.17, 15) is 4.79 Å². The van der Waals surface area contributed by atoms with E-state index in [0.29, 0.717) is 12.3 Å². The molecule has 0 unspecified atom stereocenters. The molecule has 0 aliphatic rings. The zero-order valence-electron chi connectivity index (χ0n) is 7.55. The van der Waals surface area contributed by atoms with Crippen LogP contribution in [0.3, 0.4) is 0 Å². The minimum absolute atomic E-state index is 0.00921. The van der Waals surface area contributed by atoms with Crippen molar-refractivity contribution in [3.63, 3.8) is 0 Å². The lowest BCUT2D eigenvalue weighted by molar-refractivity contribution is -0.120. The van der Waals surface area contributed by atoms with Crippen molar-refractivity contribution in [2.45, 2.75) is 32.7 Å². The van der Waals surface area contributed by atoms with Gasteiger partial charge in [-0.3, -0.25) is 4.79 Å². The Morgan fingerprint density at radius 3 is 2.45 bits per heavy atom. The van der Waals surface area contributed by atoms with E-state index in [1.54, 1.807) is 7.05 Å². The molecule has 0 aromatic rings. The molecule has 0 aliphatic heterocycles. The number of nitrogens with one attached hydrogen (secondary N) is 1. The Morgan fingerprint density at radius 2 is 2.09 bits per heavy atom. The maximum atomic E-state index is 10.8. The standard InChI is InChI=1S/C8H18N2O/c1-6(2)4-7(9)5-8(11)10-3/h6-7H,4-5,9H2,1-3H3,(H,10,11)/t7-/m0/s1. The molecule has 0 saturated carbocycles. The van der Waals surface area contributed by atoms with Crippen LogP contribution >= 0.6 is 0 Å². The van der Waals surface area contributed by atoms with Crippen LogP contribution < -0.4 is 11.1 Å². The molecular weight excluding hydrogens is 140 g/mol. The molecule has 0 rings (SSSR count). The van der Waals surface area contributed by atoms with E-state index < -0.39 is 0 Å². The number of rotatable bonds is 4. The van der Waals surface area contributed by atoms with Gasteiger partial charge in [-0.05, 0) is 12.3 Å². The van der Waals surface area contributed by atoms with Gasteiger partial charge in [-0.2, -0.15) is 0 Å². The van der Waals surface area contributed by atoms with E-state index in [1.807, 2.05) is 0 Å². The predicted molar refractivity (Wildman–Crippen MR) is 46.1 cm³/mol. The van der Waals surface area contributed by atoms with Gasteiger partial charge in [0.2, 0.25) is 5.91 Å². The second kappa shape index (κ2) is 5.13. The normalized spacial score (nSPS) is 13.2. The molecule has 0 fully saturated rings. The SMILES string of the molecule is CNC(=O)C[C@@H](N)CC(C)C. The van der Waals surface area contributed by atoms with Gasteiger partial charge in [-0.15, -0.1) is 0 Å². The minimum Gasteiger partial charge on any atom is -0.359 e. The van der Waals surface area contributed by atoms with Crippen LogP contribution in [-0.2, 0) is 4.79 Å². The summed E-state index contributed by atoms with van der Waals surface area (Å²) in [5.74, 6) is 0.591. The van der Waals surface area contributed by atoms with Crippen molar-refractivity contribution in [1.29, 1.82) is 0 Å². The van der Waals surface area contributed by atoms with Crippen LogP contribution in [-0.4, -0.2) is 19.0 Å². The van der Waals surface area contributed by atoms with E-state index in [1.165, 1.54) is 0 Å². The molecule has 3 nitrogen and oxygen atoms in total. The number of carbonyl (C=O) groups excluding carboxylic acids is 1. The Morgan fingerprint density at radius 1 is 1.55 bits per heavy atom. The van der Waals surface area contributed by atoms with E-state index in [2.05, 4.69) is 19.2 Å². The van der Waals surface area contributed by atoms with Gasteiger partial charge in [0, 0.05) is 19.5 Å². The van der Waals surface area contributed by atoms with Gasteiger partial charge in [0.25, 0.3) is 0 Å². The molecule has 0 aromatic carbocycles. The molecule has 0 heterocycles. The summed E-state index contributed by atoms with van der Waals surface area (Å²) < 4.78 is 0. The smallest absolute Gasteiger partial charge is 0.221 e. The van der Waals surface area contributed by atoms with Crippen molar-refractivity contribution in [1.82, 2.24) is 5.32 Å². The summed E-state index contributed by atoms with van der Waals surface area (Å²) in [6.07, 6.45) is 1.35. The average molecular weight is 158 g/mol. The van der Waals surface area contributed by atoms with Gasteiger partial charge in [-0.25, -0.2) is 0 Å². The molecule has 0 saturated heterocycles. The maximum Gasteiger partial charge on any atom is 0.221 e. The molecule has 1 atom stereocenters. The number of nitrogens with two attached hydrogens (primary N) is 1. The Hall–Kier alpha value is -0.570. The third kappa shape index (κ3) is 5.85. The topological polar surface area (TPSA) is 55.1 Å². The van der Waals surface area contributed by atoms with Crippen molar-refractivity contribution < 1.29 is 4.79 Å². The van der Waals surface area contributed by atoms with Crippen LogP contribution in [0.15, 0.2) is 0 Å². The van der Waals surface area contributed by atoms with Crippen molar-refractivity contribution in [3.05, 3.63) is 0 Å². The van der Waals surface area contributed by atoms with Crippen molar-refractivity contribution in [2.24, 2.45) is 11.7 Å². The zero-order chi connectivity index (χ0) is 8.85. The summed E-state index contributed by atoms with van der Waals surface area (Å²) in [5.41, 5.74) is 5.69. The van der Waals surface area contributed by atoms with E-state index >= 15 is 0 Å². The summed E-state index contributed by atoms with van der Waals surface area (Å²) in [6.45, 7) is 4.20. The first-order valence-electron chi connectivity index (χ1n) is 4.02. The van der Waals surface area contributed by atoms with Crippen molar-refractivity contribution >= 4 is 5.91 Å². The third-order valence-corrected chi connectivity index (χ3v) is 1.50. The van der Waals surface area contributed by atoms with Crippen LogP contribution in [0, 0.1) is 5.92 Å². The Bertz CT molecular complexity index is 123. The summed E-state index contributed by atoms with van der Waals surface area (Å²) in [5, 5.41) is 2.55. The van der Waals surface area contributed by atoms with E-state index in [4.69, 9.17) is 5.73 Å². The van der Waals surface area contributed by atoms with Gasteiger partial charge in [-0.1, -0.05) is 13.8 Å². The number of hydrogen-bond donors (Lipinski definition) is 2. The van der Waals surface area contributed by atoms with Crippen LogP contribution in [0.2, 0.25) is 0 Å². The quantitative estimate of drug-likeness (QED) is 0.626. The van der Waals surface area contributed by atoms with Crippen molar-refractivity contribution in [3.8, 4) is 0 Å². The maximum absolute atomic E-state index is 10.8. The van der Waals surface area contributed by atoms with Crippen molar-refractivity contribution in [2.75, 3.05) is 7.05 Å². The highest BCUT2D eigenvalue weighted by molar-refractivity contribution is 5.76. The van der Waals surface area contributed by atoms with Gasteiger partial charge in [0.15, 0.2) is 0 Å². The van der Waals surface area contributed by atoms with Gasteiger partial charge in [0.1, 0.15) is 0 Å². The number of carbonyl (C=O) groups is 1. The second-order valence-electron chi connectivity index (χ2n) is 3.27. The lowest BCUT2D eigenvalue weighted by Gasteiger charge is -2.12. The lowest BCUT2D eigenvalue weighted by Crippen LogP contribution is -2.30. The summed E-state index contributed by atoms with van der Waals surface area (Å²) in [4.78, 5) is 10.8. The Labute approximate surface area is 68.3 Å². The molecular formula is C8H18N2O. The number of hydrogen-bond acceptors (Lipinski definition) is 2. The molecule has 3 heteroatoms. The lowest BCUT2D eigenvalue weighted by atomic mass is 10.0. The average Bonchev–Trinajstić information content (AvgIpc) is 1.85. The Balaban J connectivity index is 3.51. The zero-order valence-corrected chi connectivity index (χ0v) is 7.55. The first-order chi connectivity index (χ1) is 5.06. The highest BCUT2D eigenvalue weighted by Crippen LogP contribution is 2.04. The molecule has 3 N–H and O–H groups in total. The van der Waals surface area contributed by atoms with Crippen LogP contribution in [0.5, 0.6) is 0 Å². The summed E-state index contributed by atoms with van der Waals surface area (Å²) in [6, 6.07) is 0.00921. The molecule has 0 aromatic heterocycles. The van der Waals surface area contributed by atoms with E-state index in [-0.39, 0.29) is 11.9 Å². The molecule has 1 amide bonds. The monoisotopic (exact) mass is 158 g/mol. The highest BCUT2D eigenvalue weighted by Gasteiger charge is 2.08. The largest absolute Gasteiger partial charge is 0.359 e. The fourth-order valence-corrected chi connectivity index (χ4v) is 1.03. The molecule has 0 radical (unpaired) electrons. The van der Waals surface area contributed by atoms with Gasteiger partial charge >= 0.3 is 0 Å². The molecule has 0 spiro atoms. The summed E-state index contributed by atoms with van der Waals surface area (Å²) >= 11 is 0. The first-order valence-corrected chi connectivity index (χ1v) is 4.02. The summed E-state index contributed by atoms with van der Waals surface area (Å²) in [7, 11) is 1.63. The fourth-order valence-electron chi connectivity index (χ4n) is 1.03.